The van der Waals surface area contributed by atoms with Crippen molar-refractivity contribution in [2.24, 2.45) is 5.73 Å². The van der Waals surface area contributed by atoms with Gasteiger partial charge >= 0.3 is 0 Å². The predicted molar refractivity (Wildman–Crippen MR) is 105 cm³/mol. The number of rotatable bonds is 7. The third-order valence-corrected chi connectivity index (χ3v) is 5.15. The highest BCUT2D eigenvalue weighted by Gasteiger charge is 2.51. The highest BCUT2D eigenvalue weighted by atomic mass is 79.9. The van der Waals surface area contributed by atoms with Crippen molar-refractivity contribution in [3.63, 3.8) is 0 Å². The average Bonchev–Trinajstić information content (AvgIpc) is 3.46. The standard InChI is InChI=1S/C20H20BrN3O3/c21-16-3-1-2-15(10-16)20(8-9-20)19(27)24-11-13-4-6-14(7-5-13)18(26)23-12-17(22)25/h1-7,10H,8-9,11-12H2,(H2,22,25)(H,23,26)(H,24,27). The van der Waals surface area contributed by atoms with Crippen LogP contribution < -0.4 is 16.4 Å². The molecule has 0 spiro atoms. The Balaban J connectivity index is 1.58. The minimum absolute atomic E-state index is 0.0175. The number of carbonyl (C=O) groups excluding carboxylic acids is 3. The van der Waals surface area contributed by atoms with Gasteiger partial charge in [0.25, 0.3) is 5.91 Å². The van der Waals surface area contributed by atoms with Crippen LogP contribution in [0.15, 0.2) is 53.0 Å². The van der Waals surface area contributed by atoms with Crippen molar-refractivity contribution in [1.82, 2.24) is 10.6 Å². The van der Waals surface area contributed by atoms with E-state index in [1.165, 1.54) is 0 Å². The monoisotopic (exact) mass is 429 g/mol. The number of nitrogens with one attached hydrogen (secondary N) is 2. The molecule has 0 unspecified atom stereocenters. The molecule has 1 aliphatic rings. The summed E-state index contributed by atoms with van der Waals surface area (Å²) in [6, 6.07) is 14.7. The lowest BCUT2D eigenvalue weighted by molar-refractivity contribution is -0.123. The number of halogens is 1. The lowest BCUT2D eigenvalue weighted by atomic mass is 9.95. The number of amides is 3. The number of primary amides is 1. The predicted octanol–water partition coefficient (Wildman–Crippen LogP) is 2.01. The fourth-order valence-electron chi connectivity index (χ4n) is 2.95. The highest BCUT2D eigenvalue weighted by Crippen LogP contribution is 2.48. The first-order chi connectivity index (χ1) is 12.9. The van der Waals surface area contributed by atoms with Gasteiger partial charge in [-0.2, -0.15) is 0 Å². The molecule has 1 aliphatic carbocycles. The van der Waals surface area contributed by atoms with Gasteiger partial charge in [0.1, 0.15) is 0 Å². The normalized spacial score (nSPS) is 14.3. The topological polar surface area (TPSA) is 101 Å². The Morgan fingerprint density at radius 3 is 2.33 bits per heavy atom. The van der Waals surface area contributed by atoms with Crippen LogP contribution in [0.5, 0.6) is 0 Å². The zero-order valence-electron chi connectivity index (χ0n) is 14.6. The molecular weight excluding hydrogens is 410 g/mol. The van der Waals surface area contributed by atoms with Crippen LogP contribution in [0.25, 0.3) is 0 Å². The van der Waals surface area contributed by atoms with Gasteiger partial charge in [0.2, 0.25) is 11.8 Å². The summed E-state index contributed by atoms with van der Waals surface area (Å²) in [7, 11) is 0. The molecule has 3 amide bonds. The van der Waals surface area contributed by atoms with Crippen LogP contribution in [0.1, 0.15) is 34.3 Å². The Bertz CT molecular complexity index is 876. The number of carbonyl (C=O) groups is 3. The molecule has 3 rings (SSSR count). The first-order valence-corrected chi connectivity index (χ1v) is 9.40. The zero-order chi connectivity index (χ0) is 19.4. The van der Waals surface area contributed by atoms with E-state index in [2.05, 4.69) is 26.6 Å². The Morgan fingerprint density at radius 2 is 1.74 bits per heavy atom. The first kappa shape index (κ1) is 19.1. The molecule has 2 aromatic rings. The van der Waals surface area contributed by atoms with E-state index in [9.17, 15) is 14.4 Å². The van der Waals surface area contributed by atoms with E-state index in [1.54, 1.807) is 24.3 Å². The summed E-state index contributed by atoms with van der Waals surface area (Å²) in [5.41, 5.74) is 6.92. The maximum absolute atomic E-state index is 12.7. The van der Waals surface area contributed by atoms with Gasteiger partial charge in [0.15, 0.2) is 0 Å². The van der Waals surface area contributed by atoms with Gasteiger partial charge in [-0.25, -0.2) is 0 Å². The lowest BCUT2D eigenvalue weighted by Crippen LogP contribution is -2.34. The molecule has 0 atom stereocenters. The van der Waals surface area contributed by atoms with Crippen LogP contribution in [0.3, 0.4) is 0 Å². The summed E-state index contributed by atoms with van der Waals surface area (Å²) in [6.45, 7) is 0.187. The van der Waals surface area contributed by atoms with Crippen molar-refractivity contribution in [1.29, 1.82) is 0 Å². The lowest BCUT2D eigenvalue weighted by Gasteiger charge is -2.16. The van der Waals surface area contributed by atoms with Crippen LogP contribution in [0.4, 0.5) is 0 Å². The Kier molecular flexibility index (Phi) is 5.60. The number of hydrogen-bond donors (Lipinski definition) is 3. The smallest absolute Gasteiger partial charge is 0.251 e. The molecule has 0 aromatic heterocycles. The highest BCUT2D eigenvalue weighted by molar-refractivity contribution is 9.10. The van der Waals surface area contributed by atoms with Crippen LogP contribution in [-0.4, -0.2) is 24.3 Å². The van der Waals surface area contributed by atoms with E-state index >= 15 is 0 Å². The second-order valence-corrected chi connectivity index (χ2v) is 7.54. The van der Waals surface area contributed by atoms with Crippen LogP contribution in [0.2, 0.25) is 0 Å². The largest absolute Gasteiger partial charge is 0.368 e. The quantitative estimate of drug-likeness (QED) is 0.627. The molecule has 4 N–H and O–H groups in total. The molecule has 0 radical (unpaired) electrons. The van der Waals surface area contributed by atoms with Crippen molar-refractivity contribution >= 4 is 33.7 Å². The number of benzene rings is 2. The van der Waals surface area contributed by atoms with Crippen molar-refractivity contribution in [2.45, 2.75) is 24.8 Å². The minimum atomic E-state index is -0.595. The molecule has 1 saturated carbocycles. The van der Waals surface area contributed by atoms with Gasteiger partial charge in [-0.3, -0.25) is 14.4 Å². The minimum Gasteiger partial charge on any atom is -0.368 e. The zero-order valence-corrected chi connectivity index (χ0v) is 16.2. The average molecular weight is 430 g/mol. The molecular formula is C20H20BrN3O3. The summed E-state index contributed by atoms with van der Waals surface area (Å²) >= 11 is 3.45. The molecule has 0 aliphatic heterocycles. The van der Waals surface area contributed by atoms with Crippen LogP contribution >= 0.6 is 15.9 Å². The van der Waals surface area contributed by atoms with E-state index in [-0.39, 0.29) is 18.4 Å². The SMILES string of the molecule is NC(=O)CNC(=O)c1ccc(CNC(=O)C2(c3cccc(Br)c3)CC2)cc1. The van der Waals surface area contributed by atoms with Gasteiger partial charge in [-0.05, 0) is 48.2 Å². The maximum Gasteiger partial charge on any atom is 0.251 e. The summed E-state index contributed by atoms with van der Waals surface area (Å²) < 4.78 is 0.962. The second-order valence-electron chi connectivity index (χ2n) is 6.62. The van der Waals surface area contributed by atoms with Gasteiger partial charge < -0.3 is 16.4 Å². The Hall–Kier alpha value is -2.67. The van der Waals surface area contributed by atoms with Crippen LogP contribution in [-0.2, 0) is 21.5 Å². The van der Waals surface area contributed by atoms with Gasteiger partial charge in [-0.1, -0.05) is 40.2 Å². The van der Waals surface area contributed by atoms with E-state index in [4.69, 9.17) is 5.73 Å². The van der Waals surface area contributed by atoms with Gasteiger partial charge in [-0.15, -0.1) is 0 Å². The molecule has 0 heterocycles. The first-order valence-electron chi connectivity index (χ1n) is 8.60. The third-order valence-electron chi connectivity index (χ3n) is 4.65. The van der Waals surface area contributed by atoms with E-state index in [0.717, 1.165) is 28.4 Å². The van der Waals surface area contributed by atoms with Crippen molar-refractivity contribution in [2.75, 3.05) is 6.54 Å². The van der Waals surface area contributed by atoms with Crippen molar-refractivity contribution in [3.8, 4) is 0 Å². The molecule has 27 heavy (non-hydrogen) atoms. The maximum atomic E-state index is 12.7. The number of hydrogen-bond acceptors (Lipinski definition) is 3. The molecule has 140 valence electrons. The summed E-state index contributed by atoms with van der Waals surface area (Å²) in [6.07, 6.45) is 1.68. The molecule has 0 saturated heterocycles. The molecule has 0 bridgehead atoms. The molecule has 7 heteroatoms. The molecule has 6 nitrogen and oxygen atoms in total. The fraction of sp³-hybridized carbons (Fsp3) is 0.250. The fourth-order valence-corrected chi connectivity index (χ4v) is 3.35. The third kappa shape index (κ3) is 4.54. The molecule has 2 aromatic carbocycles. The summed E-state index contributed by atoms with van der Waals surface area (Å²) in [4.78, 5) is 35.3. The Labute approximate surface area is 165 Å². The number of nitrogens with two attached hydrogens (primary N) is 1. The second kappa shape index (κ2) is 7.92. The van der Waals surface area contributed by atoms with E-state index < -0.39 is 11.3 Å². The van der Waals surface area contributed by atoms with Crippen molar-refractivity contribution in [3.05, 3.63) is 69.7 Å². The van der Waals surface area contributed by atoms with Gasteiger partial charge in [0, 0.05) is 16.6 Å². The van der Waals surface area contributed by atoms with E-state index in [1.807, 2.05) is 24.3 Å². The van der Waals surface area contributed by atoms with Crippen molar-refractivity contribution < 1.29 is 14.4 Å². The molecule has 1 fully saturated rings. The summed E-state index contributed by atoms with van der Waals surface area (Å²) in [5.74, 6) is -0.943. The van der Waals surface area contributed by atoms with Gasteiger partial charge in [0.05, 0.1) is 12.0 Å². The van der Waals surface area contributed by atoms with E-state index in [0.29, 0.717) is 12.1 Å². The Morgan fingerprint density at radius 1 is 1.04 bits per heavy atom. The van der Waals surface area contributed by atoms with Crippen LogP contribution in [0, 0.1) is 0 Å². The summed E-state index contributed by atoms with van der Waals surface area (Å²) in [5, 5.41) is 5.42.